The first kappa shape index (κ1) is 22.7. The minimum absolute atomic E-state index is 0.254. The average Bonchev–Trinajstić information content (AvgIpc) is 2.72. The first-order valence-corrected chi connectivity index (χ1v) is 11.4. The molecule has 0 radical (unpaired) electrons. The lowest BCUT2D eigenvalue weighted by Gasteiger charge is -2.31. The van der Waals surface area contributed by atoms with Crippen LogP contribution in [0.4, 0.5) is 0 Å². The van der Waals surface area contributed by atoms with E-state index in [0.717, 1.165) is 33.4 Å². The molecule has 168 valence electrons. The van der Waals surface area contributed by atoms with E-state index in [2.05, 4.69) is 77.9 Å². The molecule has 33 heavy (non-hydrogen) atoms. The largest absolute Gasteiger partial charge is 0.508 e. The quantitative estimate of drug-likeness (QED) is 0.340. The molecule has 2 heteroatoms. The molecule has 4 aromatic rings. The summed E-state index contributed by atoms with van der Waals surface area (Å²) < 4.78 is 0. The zero-order chi connectivity index (χ0) is 23.9. The van der Waals surface area contributed by atoms with Crippen molar-refractivity contribution in [3.8, 4) is 33.8 Å². The molecule has 4 aromatic carbocycles. The van der Waals surface area contributed by atoms with E-state index in [1.54, 1.807) is 12.1 Å². The second kappa shape index (κ2) is 8.44. The highest BCUT2D eigenvalue weighted by atomic mass is 16.3. The van der Waals surface area contributed by atoms with Crippen molar-refractivity contribution in [3.05, 3.63) is 106 Å². The fourth-order valence-corrected chi connectivity index (χ4v) is 5.04. The Balaban J connectivity index is 1.97. The third kappa shape index (κ3) is 4.52. The molecule has 0 aliphatic heterocycles. The van der Waals surface area contributed by atoms with Gasteiger partial charge in [-0.15, -0.1) is 0 Å². The van der Waals surface area contributed by atoms with Gasteiger partial charge in [0.2, 0.25) is 0 Å². The van der Waals surface area contributed by atoms with Gasteiger partial charge >= 0.3 is 0 Å². The molecular formula is C31H32O2. The van der Waals surface area contributed by atoms with Crippen LogP contribution in [0.1, 0.15) is 47.2 Å². The molecule has 0 spiro atoms. The van der Waals surface area contributed by atoms with Gasteiger partial charge in [0.05, 0.1) is 0 Å². The van der Waals surface area contributed by atoms with Crippen LogP contribution in [0.3, 0.4) is 0 Å². The number of benzene rings is 4. The van der Waals surface area contributed by atoms with Crippen molar-refractivity contribution in [1.82, 2.24) is 0 Å². The summed E-state index contributed by atoms with van der Waals surface area (Å²) in [7, 11) is 0. The van der Waals surface area contributed by atoms with Crippen molar-refractivity contribution in [3.63, 3.8) is 0 Å². The second-order valence-corrected chi connectivity index (χ2v) is 9.84. The van der Waals surface area contributed by atoms with Crippen molar-refractivity contribution in [2.45, 2.75) is 47.0 Å². The van der Waals surface area contributed by atoms with Crippen LogP contribution in [-0.2, 0) is 5.41 Å². The van der Waals surface area contributed by atoms with Gasteiger partial charge in [0.25, 0.3) is 0 Å². The molecule has 2 nitrogen and oxygen atoms in total. The Morgan fingerprint density at radius 3 is 1.15 bits per heavy atom. The minimum atomic E-state index is -0.388. The minimum Gasteiger partial charge on any atom is -0.508 e. The monoisotopic (exact) mass is 436 g/mol. The highest BCUT2D eigenvalue weighted by Gasteiger charge is 2.30. The Morgan fingerprint density at radius 1 is 0.485 bits per heavy atom. The highest BCUT2D eigenvalue weighted by molar-refractivity contribution is 5.77. The molecule has 0 atom stereocenters. The molecule has 0 amide bonds. The topological polar surface area (TPSA) is 40.5 Å². The predicted molar refractivity (Wildman–Crippen MR) is 138 cm³/mol. The molecular weight excluding hydrogens is 404 g/mol. The van der Waals surface area contributed by atoms with E-state index >= 15 is 0 Å². The van der Waals surface area contributed by atoms with E-state index in [1.165, 1.54) is 22.3 Å². The van der Waals surface area contributed by atoms with Crippen LogP contribution in [0.5, 0.6) is 11.5 Å². The van der Waals surface area contributed by atoms with E-state index in [0.29, 0.717) is 0 Å². The number of aromatic hydroxyl groups is 2. The van der Waals surface area contributed by atoms with Crippen LogP contribution in [0.25, 0.3) is 22.3 Å². The standard InChI is InChI=1S/C31H32O2/c1-19-11-20(2)14-23(13-19)27-17-25(32)7-9-29(27)31(5,6)30-10-8-26(33)18-28(30)24-15-21(3)12-22(4)16-24/h7-18,32-33H,1-6H3. The summed E-state index contributed by atoms with van der Waals surface area (Å²) in [5.41, 5.74) is 10.9. The number of phenols is 2. The number of rotatable bonds is 4. The smallest absolute Gasteiger partial charge is 0.116 e. The van der Waals surface area contributed by atoms with Gasteiger partial charge < -0.3 is 10.2 Å². The first-order chi connectivity index (χ1) is 15.5. The fourth-order valence-electron chi connectivity index (χ4n) is 5.04. The Kier molecular flexibility index (Phi) is 5.80. The van der Waals surface area contributed by atoms with Gasteiger partial charge in [-0.25, -0.2) is 0 Å². The van der Waals surface area contributed by atoms with Gasteiger partial charge in [-0.05, 0) is 85.3 Å². The molecule has 0 bridgehead atoms. The summed E-state index contributed by atoms with van der Waals surface area (Å²) in [6.07, 6.45) is 0. The SMILES string of the molecule is Cc1cc(C)cc(-c2cc(O)ccc2C(C)(C)c2ccc(O)cc2-c2cc(C)cc(C)c2)c1. The lowest BCUT2D eigenvalue weighted by Crippen LogP contribution is -2.21. The van der Waals surface area contributed by atoms with Gasteiger partial charge in [-0.2, -0.15) is 0 Å². The second-order valence-electron chi connectivity index (χ2n) is 9.84. The summed E-state index contributed by atoms with van der Waals surface area (Å²) in [5, 5.41) is 20.7. The molecule has 0 aromatic heterocycles. The van der Waals surface area contributed by atoms with E-state index in [1.807, 2.05) is 24.3 Å². The molecule has 0 aliphatic carbocycles. The van der Waals surface area contributed by atoms with Crippen molar-refractivity contribution >= 4 is 0 Å². The van der Waals surface area contributed by atoms with Crippen molar-refractivity contribution < 1.29 is 10.2 Å². The Labute approximate surface area is 197 Å². The third-order valence-corrected chi connectivity index (χ3v) is 6.42. The Morgan fingerprint density at radius 2 is 0.818 bits per heavy atom. The Bertz CT molecular complexity index is 1200. The summed E-state index contributed by atoms with van der Waals surface area (Å²) in [6, 6.07) is 24.3. The van der Waals surface area contributed by atoms with Crippen LogP contribution >= 0.6 is 0 Å². The van der Waals surface area contributed by atoms with E-state index in [9.17, 15) is 10.2 Å². The molecule has 0 saturated heterocycles. The molecule has 0 heterocycles. The molecule has 2 N–H and O–H groups in total. The van der Waals surface area contributed by atoms with Gasteiger partial charge in [0, 0.05) is 5.41 Å². The van der Waals surface area contributed by atoms with Crippen molar-refractivity contribution in [1.29, 1.82) is 0 Å². The number of aryl methyl sites for hydroxylation is 4. The van der Waals surface area contributed by atoms with Gasteiger partial charge in [-0.3, -0.25) is 0 Å². The molecule has 0 fully saturated rings. The third-order valence-electron chi connectivity index (χ3n) is 6.42. The highest BCUT2D eigenvalue weighted by Crippen LogP contribution is 2.44. The van der Waals surface area contributed by atoms with Crippen molar-refractivity contribution in [2.24, 2.45) is 0 Å². The summed E-state index contributed by atoms with van der Waals surface area (Å²) in [4.78, 5) is 0. The number of hydrogen-bond donors (Lipinski definition) is 2. The number of hydrogen-bond acceptors (Lipinski definition) is 2. The zero-order valence-corrected chi connectivity index (χ0v) is 20.3. The van der Waals surface area contributed by atoms with Crippen molar-refractivity contribution in [2.75, 3.05) is 0 Å². The van der Waals surface area contributed by atoms with E-state index < -0.39 is 0 Å². The van der Waals surface area contributed by atoms with Gasteiger partial charge in [0.1, 0.15) is 11.5 Å². The zero-order valence-electron chi connectivity index (χ0n) is 20.3. The maximum absolute atomic E-state index is 10.4. The lowest BCUT2D eigenvalue weighted by atomic mass is 9.72. The average molecular weight is 437 g/mol. The van der Waals surface area contributed by atoms with Crippen LogP contribution in [-0.4, -0.2) is 10.2 Å². The van der Waals surface area contributed by atoms with Crippen LogP contribution in [0.2, 0.25) is 0 Å². The maximum atomic E-state index is 10.4. The van der Waals surface area contributed by atoms with Crippen LogP contribution < -0.4 is 0 Å². The molecule has 0 aliphatic rings. The van der Waals surface area contributed by atoms with Gasteiger partial charge in [-0.1, -0.05) is 84.6 Å². The molecule has 4 rings (SSSR count). The Hall–Kier alpha value is -3.52. The molecule has 0 saturated carbocycles. The summed E-state index contributed by atoms with van der Waals surface area (Å²) in [5.74, 6) is 0.507. The molecule has 0 unspecified atom stereocenters. The maximum Gasteiger partial charge on any atom is 0.116 e. The van der Waals surface area contributed by atoms with E-state index in [4.69, 9.17) is 0 Å². The van der Waals surface area contributed by atoms with Crippen LogP contribution in [0.15, 0.2) is 72.8 Å². The normalized spacial score (nSPS) is 11.6. The van der Waals surface area contributed by atoms with E-state index in [-0.39, 0.29) is 16.9 Å². The lowest BCUT2D eigenvalue weighted by molar-refractivity contribution is 0.474. The first-order valence-electron chi connectivity index (χ1n) is 11.4. The van der Waals surface area contributed by atoms with Crippen LogP contribution in [0, 0.1) is 27.7 Å². The van der Waals surface area contributed by atoms with Gasteiger partial charge in [0.15, 0.2) is 0 Å². The predicted octanol–water partition coefficient (Wildman–Crippen LogP) is 7.99. The number of phenolic OH excluding ortho intramolecular Hbond substituents is 2. The fraction of sp³-hybridized carbons (Fsp3) is 0.226. The summed E-state index contributed by atoms with van der Waals surface area (Å²) >= 11 is 0. The summed E-state index contributed by atoms with van der Waals surface area (Å²) in [6.45, 7) is 12.8.